The van der Waals surface area contributed by atoms with Gasteiger partial charge in [0, 0.05) is 49.6 Å². The van der Waals surface area contributed by atoms with Gasteiger partial charge >= 0.3 is 6.36 Å². The minimum atomic E-state index is -4.74. The van der Waals surface area contributed by atoms with Crippen LogP contribution in [-0.4, -0.2) is 33.9 Å². The molecule has 2 bridgehead atoms. The first-order valence-electron chi connectivity index (χ1n) is 10.6. The molecular weight excluding hydrogens is 419 g/mol. The third kappa shape index (κ3) is 4.27. The number of piperidine rings is 1. The molecule has 3 aromatic rings. The van der Waals surface area contributed by atoms with Crippen LogP contribution in [0.1, 0.15) is 23.7 Å². The number of ether oxygens (including phenoxy) is 1. The SMILES string of the molecule is O=c1c(-c2ccc(OC(F)(F)F)cc2)ccc2n1C[C@@H]1C[C@@H]2CN(Cc2ccccn2)C1. The predicted octanol–water partition coefficient (Wildman–Crippen LogP) is 4.43. The van der Waals surface area contributed by atoms with Gasteiger partial charge in [-0.1, -0.05) is 18.2 Å². The van der Waals surface area contributed by atoms with Crippen molar-refractivity contribution in [2.24, 2.45) is 5.92 Å². The Hall–Kier alpha value is -3.13. The lowest BCUT2D eigenvalue weighted by molar-refractivity contribution is -0.274. The highest BCUT2D eigenvalue weighted by molar-refractivity contribution is 5.63. The third-order valence-electron chi connectivity index (χ3n) is 6.19. The lowest BCUT2D eigenvalue weighted by atomic mass is 9.82. The molecule has 2 aliphatic rings. The molecule has 1 saturated heterocycles. The monoisotopic (exact) mass is 441 g/mol. The number of halogens is 3. The van der Waals surface area contributed by atoms with Crippen LogP contribution in [0.5, 0.6) is 5.75 Å². The van der Waals surface area contributed by atoms with E-state index in [-0.39, 0.29) is 17.2 Å². The Morgan fingerprint density at radius 3 is 2.53 bits per heavy atom. The minimum absolute atomic E-state index is 0.0973. The van der Waals surface area contributed by atoms with E-state index in [1.54, 1.807) is 12.3 Å². The summed E-state index contributed by atoms with van der Waals surface area (Å²) in [7, 11) is 0. The van der Waals surface area contributed by atoms with Crippen molar-refractivity contribution in [1.82, 2.24) is 14.5 Å². The summed E-state index contributed by atoms with van der Waals surface area (Å²) in [6.07, 6.45) is -1.88. The number of benzene rings is 1. The Balaban J connectivity index is 1.38. The molecular formula is C24H22F3N3O2. The molecule has 0 unspecified atom stereocenters. The van der Waals surface area contributed by atoms with Crippen molar-refractivity contribution in [2.45, 2.75) is 31.8 Å². The molecule has 5 nitrogen and oxygen atoms in total. The molecule has 2 aliphatic heterocycles. The second-order valence-corrected chi connectivity index (χ2v) is 8.47. The van der Waals surface area contributed by atoms with Gasteiger partial charge in [0.15, 0.2) is 0 Å². The van der Waals surface area contributed by atoms with Gasteiger partial charge < -0.3 is 9.30 Å². The first kappa shape index (κ1) is 20.8. The molecule has 0 N–H and O–H groups in total. The van der Waals surface area contributed by atoms with Crippen molar-refractivity contribution >= 4 is 0 Å². The van der Waals surface area contributed by atoms with E-state index in [2.05, 4.69) is 14.6 Å². The summed E-state index contributed by atoms with van der Waals surface area (Å²) < 4.78 is 43.0. The highest BCUT2D eigenvalue weighted by atomic mass is 19.4. The number of likely N-dealkylation sites (tertiary alicyclic amines) is 1. The predicted molar refractivity (Wildman–Crippen MR) is 113 cm³/mol. The zero-order valence-corrected chi connectivity index (χ0v) is 17.3. The quantitative estimate of drug-likeness (QED) is 0.601. The Labute approximate surface area is 183 Å². The Bertz CT molecular complexity index is 1160. The molecule has 166 valence electrons. The van der Waals surface area contributed by atoms with Crippen molar-refractivity contribution in [3.63, 3.8) is 0 Å². The summed E-state index contributed by atoms with van der Waals surface area (Å²) in [5.41, 5.74) is 3.03. The van der Waals surface area contributed by atoms with Crippen LogP contribution >= 0.6 is 0 Å². The molecule has 2 aromatic heterocycles. The van der Waals surface area contributed by atoms with Gasteiger partial charge in [0.1, 0.15) is 5.75 Å². The number of rotatable bonds is 4. The van der Waals surface area contributed by atoms with E-state index >= 15 is 0 Å². The molecule has 1 fully saturated rings. The van der Waals surface area contributed by atoms with Crippen molar-refractivity contribution < 1.29 is 17.9 Å². The molecule has 8 heteroatoms. The van der Waals surface area contributed by atoms with Gasteiger partial charge in [0.25, 0.3) is 5.56 Å². The van der Waals surface area contributed by atoms with Crippen molar-refractivity contribution in [3.8, 4) is 16.9 Å². The summed E-state index contributed by atoms with van der Waals surface area (Å²) in [4.78, 5) is 20.1. The van der Waals surface area contributed by atoms with E-state index < -0.39 is 6.36 Å². The summed E-state index contributed by atoms with van der Waals surface area (Å²) >= 11 is 0. The smallest absolute Gasteiger partial charge is 0.406 e. The molecule has 0 aliphatic carbocycles. The second-order valence-electron chi connectivity index (χ2n) is 8.47. The van der Waals surface area contributed by atoms with E-state index in [9.17, 15) is 18.0 Å². The van der Waals surface area contributed by atoms with Gasteiger partial charge in [-0.25, -0.2) is 0 Å². The molecule has 0 saturated carbocycles. The molecule has 0 radical (unpaired) electrons. The topological polar surface area (TPSA) is 47.4 Å². The van der Waals surface area contributed by atoms with E-state index in [0.29, 0.717) is 23.6 Å². The van der Waals surface area contributed by atoms with Crippen molar-refractivity contribution in [1.29, 1.82) is 0 Å². The highest BCUT2D eigenvalue weighted by Gasteiger charge is 2.35. The van der Waals surface area contributed by atoms with Crippen molar-refractivity contribution in [3.05, 3.63) is 82.5 Å². The number of aromatic nitrogens is 2. The van der Waals surface area contributed by atoms with Crippen LogP contribution in [0.3, 0.4) is 0 Å². The maximum atomic E-state index is 13.3. The highest BCUT2D eigenvalue weighted by Crippen LogP contribution is 2.36. The molecule has 5 rings (SSSR count). The molecule has 0 amide bonds. The zero-order chi connectivity index (χ0) is 22.3. The number of alkyl halides is 3. The maximum Gasteiger partial charge on any atom is 0.573 e. The van der Waals surface area contributed by atoms with Crippen LogP contribution < -0.4 is 10.3 Å². The first-order chi connectivity index (χ1) is 15.4. The van der Waals surface area contributed by atoms with Crippen LogP contribution in [0.25, 0.3) is 11.1 Å². The molecule has 4 heterocycles. The van der Waals surface area contributed by atoms with Crippen molar-refractivity contribution in [2.75, 3.05) is 13.1 Å². The normalized spacial score (nSPS) is 20.6. The van der Waals surface area contributed by atoms with Crippen LogP contribution in [0.2, 0.25) is 0 Å². The third-order valence-corrected chi connectivity index (χ3v) is 6.19. The summed E-state index contributed by atoms with van der Waals surface area (Å²) in [5.74, 6) is 0.345. The largest absolute Gasteiger partial charge is 0.573 e. The van der Waals surface area contributed by atoms with Gasteiger partial charge in [-0.15, -0.1) is 13.2 Å². The first-order valence-corrected chi connectivity index (χ1v) is 10.6. The van der Waals surface area contributed by atoms with Gasteiger partial charge in [0.2, 0.25) is 0 Å². The Kier molecular flexibility index (Phi) is 5.25. The minimum Gasteiger partial charge on any atom is -0.406 e. The second kappa shape index (κ2) is 8.09. The van der Waals surface area contributed by atoms with Crippen LogP contribution in [0.15, 0.2) is 65.6 Å². The van der Waals surface area contributed by atoms with Gasteiger partial charge in [-0.3, -0.25) is 14.7 Å². The van der Waals surface area contributed by atoms with Gasteiger partial charge in [-0.05, 0) is 54.3 Å². The summed E-state index contributed by atoms with van der Waals surface area (Å²) in [5, 5.41) is 0. The fraction of sp³-hybridized carbons (Fsp3) is 0.333. The number of nitrogens with zero attached hydrogens (tertiary/aromatic N) is 3. The Morgan fingerprint density at radius 1 is 1.00 bits per heavy atom. The molecule has 32 heavy (non-hydrogen) atoms. The number of hydrogen-bond donors (Lipinski definition) is 0. The molecule has 1 aromatic carbocycles. The van der Waals surface area contributed by atoms with E-state index in [0.717, 1.165) is 37.4 Å². The summed E-state index contributed by atoms with van der Waals surface area (Å²) in [6.45, 7) is 3.22. The fourth-order valence-electron chi connectivity index (χ4n) is 4.95. The van der Waals surface area contributed by atoms with Crippen LogP contribution in [0.4, 0.5) is 13.2 Å². The number of hydrogen-bond acceptors (Lipinski definition) is 4. The van der Waals surface area contributed by atoms with Crippen LogP contribution in [-0.2, 0) is 13.1 Å². The van der Waals surface area contributed by atoms with E-state index in [1.807, 2.05) is 28.8 Å². The van der Waals surface area contributed by atoms with E-state index in [1.165, 1.54) is 24.3 Å². The Morgan fingerprint density at radius 2 is 1.81 bits per heavy atom. The maximum absolute atomic E-state index is 13.3. The standard InChI is InChI=1S/C24H22F3N3O2/c25-24(26,27)32-20-6-4-17(5-7-20)21-8-9-22-18-11-16(13-30(22)23(21)31)12-29(14-18)15-19-3-1-2-10-28-19/h1-10,16,18H,11-15H2/t16-,18-/m1/s1. The van der Waals surface area contributed by atoms with Crippen LogP contribution in [0, 0.1) is 5.92 Å². The average molecular weight is 441 g/mol. The molecule has 0 spiro atoms. The van der Waals surface area contributed by atoms with Gasteiger partial charge in [-0.2, -0.15) is 0 Å². The summed E-state index contributed by atoms with van der Waals surface area (Å²) in [6, 6.07) is 15.1. The zero-order valence-electron chi connectivity index (χ0n) is 17.3. The van der Waals surface area contributed by atoms with E-state index in [4.69, 9.17) is 0 Å². The fourth-order valence-corrected chi connectivity index (χ4v) is 4.95. The number of fused-ring (bicyclic) bond motifs is 4. The lowest BCUT2D eigenvalue weighted by Gasteiger charge is -2.42. The molecule has 2 atom stereocenters. The number of pyridine rings is 2. The lowest BCUT2D eigenvalue weighted by Crippen LogP contribution is -2.47. The van der Waals surface area contributed by atoms with Gasteiger partial charge in [0.05, 0.1) is 5.69 Å². The average Bonchev–Trinajstić information content (AvgIpc) is 2.75.